The standard InChI is InChI=1S/C7H10O3/c1-4(8)5-3-6(5)7(9)10-2/h5-6H,3H2,1-2H3/t5-,6?/m1/s1. The molecule has 1 fully saturated rings. The van der Waals surface area contributed by atoms with Gasteiger partial charge in [0.25, 0.3) is 0 Å². The van der Waals surface area contributed by atoms with Gasteiger partial charge in [-0.15, -0.1) is 0 Å². The lowest BCUT2D eigenvalue weighted by Gasteiger charge is -1.93. The van der Waals surface area contributed by atoms with Crippen LogP contribution in [0, 0.1) is 11.8 Å². The molecule has 0 aromatic heterocycles. The maximum Gasteiger partial charge on any atom is 0.309 e. The molecule has 0 N–H and O–H groups in total. The van der Waals surface area contributed by atoms with Crippen LogP contribution in [-0.4, -0.2) is 18.9 Å². The lowest BCUT2D eigenvalue weighted by molar-refractivity contribution is -0.143. The molecule has 3 heteroatoms. The van der Waals surface area contributed by atoms with Crippen molar-refractivity contribution < 1.29 is 14.3 Å². The van der Waals surface area contributed by atoms with Crippen LogP contribution < -0.4 is 0 Å². The molecule has 0 amide bonds. The second-order valence-corrected chi connectivity index (χ2v) is 2.58. The first-order valence-electron chi connectivity index (χ1n) is 3.25. The fraction of sp³-hybridized carbons (Fsp3) is 0.714. The summed E-state index contributed by atoms with van der Waals surface area (Å²) in [5, 5.41) is 0. The van der Waals surface area contributed by atoms with Crippen LogP contribution in [0.3, 0.4) is 0 Å². The van der Waals surface area contributed by atoms with Crippen molar-refractivity contribution >= 4 is 11.8 Å². The van der Waals surface area contributed by atoms with Gasteiger partial charge in [0.05, 0.1) is 13.0 Å². The van der Waals surface area contributed by atoms with Gasteiger partial charge in [-0.05, 0) is 13.3 Å². The quantitative estimate of drug-likeness (QED) is 0.523. The van der Waals surface area contributed by atoms with E-state index in [1.54, 1.807) is 0 Å². The Morgan fingerprint density at radius 3 is 2.30 bits per heavy atom. The second kappa shape index (κ2) is 2.40. The molecule has 0 aliphatic heterocycles. The molecule has 1 unspecified atom stereocenters. The smallest absolute Gasteiger partial charge is 0.309 e. The van der Waals surface area contributed by atoms with Crippen LogP contribution in [0.15, 0.2) is 0 Å². The highest BCUT2D eigenvalue weighted by atomic mass is 16.5. The van der Waals surface area contributed by atoms with Crippen molar-refractivity contribution in [2.24, 2.45) is 11.8 Å². The van der Waals surface area contributed by atoms with Crippen molar-refractivity contribution in [1.29, 1.82) is 0 Å². The van der Waals surface area contributed by atoms with Gasteiger partial charge in [0.2, 0.25) is 0 Å². The van der Waals surface area contributed by atoms with Crippen LogP contribution >= 0.6 is 0 Å². The molecule has 1 rings (SSSR count). The van der Waals surface area contributed by atoms with Gasteiger partial charge in [-0.25, -0.2) is 0 Å². The number of rotatable bonds is 2. The van der Waals surface area contributed by atoms with Gasteiger partial charge in [0.15, 0.2) is 0 Å². The molecule has 0 bridgehead atoms. The monoisotopic (exact) mass is 142 g/mol. The van der Waals surface area contributed by atoms with E-state index in [1.165, 1.54) is 14.0 Å². The first kappa shape index (κ1) is 7.25. The molecule has 0 heterocycles. The van der Waals surface area contributed by atoms with Crippen LogP contribution in [0.25, 0.3) is 0 Å². The molecule has 0 radical (unpaired) electrons. The highest BCUT2D eigenvalue weighted by Gasteiger charge is 2.46. The first-order chi connectivity index (χ1) is 4.66. The molecule has 1 saturated carbocycles. The molecular weight excluding hydrogens is 132 g/mol. The number of carbonyl (C=O) groups excluding carboxylic acids is 2. The Bertz CT molecular complexity index is 174. The van der Waals surface area contributed by atoms with E-state index < -0.39 is 0 Å². The van der Waals surface area contributed by atoms with Gasteiger partial charge in [0.1, 0.15) is 5.78 Å². The van der Waals surface area contributed by atoms with Crippen LogP contribution in [0.2, 0.25) is 0 Å². The summed E-state index contributed by atoms with van der Waals surface area (Å²) >= 11 is 0. The van der Waals surface area contributed by atoms with Crippen LogP contribution in [0.1, 0.15) is 13.3 Å². The van der Waals surface area contributed by atoms with E-state index in [1.807, 2.05) is 0 Å². The van der Waals surface area contributed by atoms with E-state index in [0.717, 1.165) is 0 Å². The van der Waals surface area contributed by atoms with Gasteiger partial charge >= 0.3 is 5.97 Å². The molecule has 0 spiro atoms. The lowest BCUT2D eigenvalue weighted by Crippen LogP contribution is -2.07. The molecule has 1 aliphatic carbocycles. The fourth-order valence-electron chi connectivity index (χ4n) is 1.06. The molecule has 2 atom stereocenters. The largest absolute Gasteiger partial charge is 0.469 e. The highest BCUT2D eigenvalue weighted by Crippen LogP contribution is 2.39. The van der Waals surface area contributed by atoms with Crippen molar-refractivity contribution in [1.82, 2.24) is 0 Å². The average molecular weight is 142 g/mol. The number of hydrogen-bond acceptors (Lipinski definition) is 3. The SMILES string of the molecule is COC(=O)C1C[C@@H]1C(C)=O. The van der Waals surface area contributed by atoms with E-state index >= 15 is 0 Å². The second-order valence-electron chi connectivity index (χ2n) is 2.58. The Morgan fingerprint density at radius 1 is 1.40 bits per heavy atom. The van der Waals surface area contributed by atoms with Crippen molar-refractivity contribution in [3.63, 3.8) is 0 Å². The van der Waals surface area contributed by atoms with E-state index in [9.17, 15) is 9.59 Å². The number of hydrogen-bond donors (Lipinski definition) is 0. The van der Waals surface area contributed by atoms with Crippen LogP contribution in [-0.2, 0) is 14.3 Å². The number of carbonyl (C=O) groups is 2. The first-order valence-corrected chi connectivity index (χ1v) is 3.25. The summed E-state index contributed by atoms with van der Waals surface area (Å²) < 4.78 is 4.46. The minimum Gasteiger partial charge on any atom is -0.469 e. The summed E-state index contributed by atoms with van der Waals surface area (Å²) in [7, 11) is 1.35. The Kier molecular flexibility index (Phi) is 1.74. The summed E-state index contributed by atoms with van der Waals surface area (Å²) in [5.74, 6) is -0.342. The predicted molar refractivity (Wildman–Crippen MR) is 34.3 cm³/mol. The Morgan fingerprint density at radius 2 is 2.00 bits per heavy atom. The minimum absolute atomic E-state index is 0.0487. The number of Topliss-reactive ketones (excluding diaryl/α,β-unsaturated/α-hetero) is 1. The zero-order valence-electron chi connectivity index (χ0n) is 6.09. The molecule has 10 heavy (non-hydrogen) atoms. The van der Waals surface area contributed by atoms with Crippen LogP contribution in [0.5, 0.6) is 0 Å². The Balaban J connectivity index is 2.38. The van der Waals surface area contributed by atoms with Gasteiger partial charge in [0, 0.05) is 5.92 Å². The topological polar surface area (TPSA) is 43.4 Å². The summed E-state index contributed by atoms with van der Waals surface area (Å²) in [4.78, 5) is 21.3. The molecule has 1 aliphatic rings. The van der Waals surface area contributed by atoms with Gasteiger partial charge in [-0.3, -0.25) is 9.59 Å². The normalized spacial score (nSPS) is 29.4. The van der Waals surface area contributed by atoms with Crippen molar-refractivity contribution in [3.8, 4) is 0 Å². The Labute approximate surface area is 59.4 Å². The van der Waals surface area contributed by atoms with Crippen molar-refractivity contribution in [2.45, 2.75) is 13.3 Å². The molecule has 0 saturated heterocycles. The molecule has 0 aromatic rings. The molecule has 3 nitrogen and oxygen atoms in total. The zero-order chi connectivity index (χ0) is 7.72. The number of ketones is 1. The molecule has 56 valence electrons. The number of esters is 1. The predicted octanol–water partition coefficient (Wildman–Crippen LogP) is 0.384. The van der Waals surface area contributed by atoms with E-state index in [4.69, 9.17) is 0 Å². The average Bonchev–Trinajstić information content (AvgIpc) is 2.64. The van der Waals surface area contributed by atoms with Crippen molar-refractivity contribution in [2.75, 3.05) is 7.11 Å². The fourth-order valence-corrected chi connectivity index (χ4v) is 1.06. The van der Waals surface area contributed by atoms with E-state index in [0.29, 0.717) is 6.42 Å². The minimum atomic E-state index is -0.250. The molecule has 0 aromatic carbocycles. The third kappa shape index (κ3) is 1.17. The molecular formula is C7H10O3. The Hall–Kier alpha value is -0.860. The third-order valence-electron chi connectivity index (χ3n) is 1.82. The summed E-state index contributed by atoms with van der Waals surface area (Å²) in [6, 6.07) is 0. The van der Waals surface area contributed by atoms with E-state index in [2.05, 4.69) is 4.74 Å². The highest BCUT2D eigenvalue weighted by molar-refractivity contribution is 5.89. The lowest BCUT2D eigenvalue weighted by atomic mass is 10.2. The van der Waals surface area contributed by atoms with E-state index in [-0.39, 0.29) is 23.6 Å². The summed E-state index contributed by atoms with van der Waals surface area (Å²) in [6.45, 7) is 1.51. The van der Waals surface area contributed by atoms with Gasteiger partial charge < -0.3 is 4.74 Å². The summed E-state index contributed by atoms with van der Waals surface area (Å²) in [6.07, 6.45) is 0.683. The van der Waals surface area contributed by atoms with Gasteiger partial charge in [-0.1, -0.05) is 0 Å². The maximum absolute atomic E-state index is 10.7. The van der Waals surface area contributed by atoms with Crippen LogP contribution in [0.4, 0.5) is 0 Å². The van der Waals surface area contributed by atoms with Crippen molar-refractivity contribution in [3.05, 3.63) is 0 Å². The maximum atomic E-state index is 10.7. The number of ether oxygens (including phenoxy) is 1. The number of methoxy groups -OCH3 is 1. The van der Waals surface area contributed by atoms with Gasteiger partial charge in [-0.2, -0.15) is 0 Å². The summed E-state index contributed by atoms with van der Waals surface area (Å²) in [5.41, 5.74) is 0. The third-order valence-corrected chi connectivity index (χ3v) is 1.82. The zero-order valence-corrected chi connectivity index (χ0v) is 6.09.